The minimum Gasteiger partial charge on any atom is -0.481 e. The Kier molecular flexibility index (Phi) is 5.19. The summed E-state index contributed by atoms with van der Waals surface area (Å²) in [4.78, 5) is 52.9. The van der Waals surface area contributed by atoms with Gasteiger partial charge >= 0.3 is 5.97 Å². The predicted molar refractivity (Wildman–Crippen MR) is 120 cm³/mol. The molecule has 0 bridgehead atoms. The number of benzene rings is 2. The largest absolute Gasteiger partial charge is 0.481 e. The predicted octanol–water partition coefficient (Wildman–Crippen LogP) is 2.78. The van der Waals surface area contributed by atoms with Crippen LogP contribution in [0.15, 0.2) is 42.5 Å². The maximum atomic E-state index is 13.7. The van der Waals surface area contributed by atoms with Crippen molar-refractivity contribution in [3.63, 3.8) is 0 Å². The third-order valence-electron chi connectivity index (χ3n) is 6.72. The van der Waals surface area contributed by atoms with Crippen molar-refractivity contribution in [1.29, 1.82) is 0 Å². The summed E-state index contributed by atoms with van der Waals surface area (Å²) in [5.41, 5.74) is 0.0629. The molecule has 10 heteroatoms. The lowest BCUT2D eigenvalue weighted by Gasteiger charge is -2.29. The molecule has 2 saturated heterocycles. The molecule has 170 valence electrons. The highest BCUT2D eigenvalue weighted by atomic mass is 35.5. The van der Waals surface area contributed by atoms with E-state index in [1.54, 1.807) is 42.5 Å². The number of carbonyl (C=O) groups is 4. The van der Waals surface area contributed by atoms with Crippen LogP contribution in [0.3, 0.4) is 0 Å². The van der Waals surface area contributed by atoms with Gasteiger partial charge in [0.25, 0.3) is 0 Å². The highest BCUT2D eigenvalue weighted by molar-refractivity contribution is 6.31. The van der Waals surface area contributed by atoms with Crippen LogP contribution in [0, 0.1) is 11.8 Å². The van der Waals surface area contributed by atoms with Gasteiger partial charge in [0.15, 0.2) is 0 Å². The van der Waals surface area contributed by atoms with Crippen molar-refractivity contribution in [2.45, 2.75) is 31.0 Å². The topological polar surface area (TPSA) is 116 Å². The summed E-state index contributed by atoms with van der Waals surface area (Å²) in [5.74, 6) is -4.38. The molecule has 0 saturated carbocycles. The van der Waals surface area contributed by atoms with E-state index in [2.05, 4.69) is 10.6 Å². The van der Waals surface area contributed by atoms with Crippen molar-refractivity contribution in [2.24, 2.45) is 11.8 Å². The second kappa shape index (κ2) is 7.83. The first-order chi connectivity index (χ1) is 15.7. The van der Waals surface area contributed by atoms with E-state index < -0.39 is 47.1 Å². The van der Waals surface area contributed by atoms with Crippen LogP contribution in [0.5, 0.6) is 0 Å². The number of aliphatic carboxylic acids is 1. The zero-order valence-corrected chi connectivity index (χ0v) is 18.7. The third-order valence-corrected chi connectivity index (χ3v) is 7.33. The summed E-state index contributed by atoms with van der Waals surface area (Å²) >= 11 is 12.5. The van der Waals surface area contributed by atoms with E-state index in [4.69, 9.17) is 23.2 Å². The number of fused-ring (bicyclic) bond motifs is 4. The minimum absolute atomic E-state index is 0.0317. The first kappa shape index (κ1) is 21.9. The first-order valence-electron chi connectivity index (χ1n) is 10.4. The van der Waals surface area contributed by atoms with Gasteiger partial charge in [-0.3, -0.25) is 29.4 Å². The van der Waals surface area contributed by atoms with Crippen molar-refractivity contribution in [1.82, 2.24) is 10.2 Å². The van der Waals surface area contributed by atoms with E-state index in [9.17, 15) is 24.3 Å². The molecule has 2 unspecified atom stereocenters. The Hall–Kier alpha value is -2.94. The number of carbonyl (C=O) groups excluding carboxylic acids is 3. The third kappa shape index (κ3) is 3.24. The van der Waals surface area contributed by atoms with Gasteiger partial charge in [0.2, 0.25) is 17.7 Å². The summed E-state index contributed by atoms with van der Waals surface area (Å²) in [6.07, 6.45) is -0.132. The minimum atomic E-state index is -1.52. The molecule has 0 radical (unpaired) electrons. The van der Waals surface area contributed by atoms with Crippen molar-refractivity contribution >= 4 is 52.6 Å². The Morgan fingerprint density at radius 1 is 1.09 bits per heavy atom. The standard InChI is InChI=1S/C23H19Cl2N3O5/c24-12-5-6-15-13(9-12)23(22(33)26-15)19-18(16(27-23)7-8-17(29)30)20(31)28(21(19)32)10-11-3-1-2-4-14(11)25/h1-6,9,16,18-19,27H,7-8,10H2,(H,26,33)(H,29,30)/t16?,18-,19+,23?/m1/s1. The smallest absolute Gasteiger partial charge is 0.303 e. The Balaban J connectivity index is 1.60. The number of nitrogens with zero attached hydrogens (tertiary/aromatic N) is 1. The lowest BCUT2D eigenvalue weighted by Crippen LogP contribution is -2.53. The van der Waals surface area contributed by atoms with Crippen LogP contribution in [0.4, 0.5) is 5.69 Å². The number of amides is 3. The maximum absolute atomic E-state index is 13.7. The Morgan fingerprint density at radius 3 is 2.58 bits per heavy atom. The fourth-order valence-electron chi connectivity index (χ4n) is 5.31. The van der Waals surface area contributed by atoms with Crippen molar-refractivity contribution in [2.75, 3.05) is 5.32 Å². The Morgan fingerprint density at radius 2 is 1.85 bits per heavy atom. The molecule has 3 N–H and O–H groups in total. The van der Waals surface area contributed by atoms with Gasteiger partial charge in [0, 0.05) is 33.8 Å². The van der Waals surface area contributed by atoms with Gasteiger partial charge in [-0.05, 0) is 36.2 Å². The van der Waals surface area contributed by atoms with Crippen molar-refractivity contribution < 1.29 is 24.3 Å². The van der Waals surface area contributed by atoms with Gasteiger partial charge in [-0.1, -0.05) is 41.4 Å². The van der Waals surface area contributed by atoms with Crippen LogP contribution in [-0.4, -0.2) is 39.7 Å². The second-order valence-electron chi connectivity index (χ2n) is 8.49. The maximum Gasteiger partial charge on any atom is 0.303 e. The summed E-state index contributed by atoms with van der Waals surface area (Å²) in [6, 6.07) is 11.1. The average molecular weight is 488 g/mol. The number of anilines is 1. The number of halogens is 2. The number of likely N-dealkylation sites (tertiary alicyclic amines) is 1. The van der Waals surface area contributed by atoms with Gasteiger partial charge in [-0.15, -0.1) is 0 Å². The molecule has 3 amide bonds. The Bertz CT molecular complexity index is 1220. The fraction of sp³-hybridized carbons (Fsp3) is 0.304. The highest BCUT2D eigenvalue weighted by Gasteiger charge is 2.70. The number of carboxylic acids is 1. The molecule has 0 aromatic heterocycles. The van der Waals surface area contributed by atoms with Crippen LogP contribution in [0.25, 0.3) is 0 Å². The van der Waals surface area contributed by atoms with Crippen molar-refractivity contribution in [3.05, 3.63) is 63.6 Å². The molecular weight excluding hydrogens is 469 g/mol. The molecule has 2 aromatic rings. The van der Waals surface area contributed by atoms with Gasteiger partial charge < -0.3 is 10.4 Å². The molecule has 3 aliphatic rings. The van der Waals surface area contributed by atoms with Gasteiger partial charge in [-0.25, -0.2) is 0 Å². The number of hydrogen-bond acceptors (Lipinski definition) is 5. The quantitative estimate of drug-likeness (QED) is 0.558. The molecule has 2 fully saturated rings. The van der Waals surface area contributed by atoms with E-state index in [1.165, 1.54) is 0 Å². The van der Waals surface area contributed by atoms with Crippen molar-refractivity contribution in [3.8, 4) is 0 Å². The molecule has 8 nitrogen and oxygen atoms in total. The van der Waals surface area contributed by atoms with Crippen LogP contribution in [0.2, 0.25) is 10.0 Å². The van der Waals surface area contributed by atoms with Crippen LogP contribution in [-0.2, 0) is 31.3 Å². The van der Waals surface area contributed by atoms with E-state index in [0.717, 1.165) is 4.90 Å². The number of nitrogens with one attached hydrogen (secondary N) is 2. The SMILES string of the molecule is O=C(O)CCC1NC2(C(=O)Nc3ccc(Cl)cc32)[C@@H]2C(=O)N(Cc3ccccc3Cl)C(=O)[C@H]12. The van der Waals surface area contributed by atoms with Crippen LogP contribution >= 0.6 is 23.2 Å². The van der Waals surface area contributed by atoms with E-state index in [1.807, 2.05) is 0 Å². The van der Waals surface area contributed by atoms with E-state index in [-0.39, 0.29) is 19.4 Å². The fourth-order valence-corrected chi connectivity index (χ4v) is 5.68. The number of carboxylic acid groups (broad SMARTS) is 1. The second-order valence-corrected chi connectivity index (χ2v) is 9.34. The molecule has 5 rings (SSSR count). The highest BCUT2D eigenvalue weighted by Crippen LogP contribution is 2.54. The molecule has 1 spiro atoms. The van der Waals surface area contributed by atoms with Gasteiger partial charge in [0.05, 0.1) is 18.4 Å². The lowest BCUT2D eigenvalue weighted by atomic mass is 9.76. The average Bonchev–Trinajstić information content (AvgIpc) is 3.34. The van der Waals surface area contributed by atoms with E-state index >= 15 is 0 Å². The monoisotopic (exact) mass is 487 g/mol. The lowest BCUT2D eigenvalue weighted by molar-refractivity contribution is -0.144. The number of hydrogen-bond donors (Lipinski definition) is 3. The number of rotatable bonds is 5. The molecule has 33 heavy (non-hydrogen) atoms. The first-order valence-corrected chi connectivity index (χ1v) is 11.2. The number of imide groups is 1. The summed E-state index contributed by atoms with van der Waals surface area (Å²) in [7, 11) is 0. The van der Waals surface area contributed by atoms with Crippen LogP contribution < -0.4 is 10.6 Å². The molecule has 3 aliphatic heterocycles. The molecule has 2 aromatic carbocycles. The van der Waals surface area contributed by atoms with Gasteiger partial charge in [0.1, 0.15) is 5.54 Å². The molecular formula is C23H19Cl2N3O5. The normalized spacial score (nSPS) is 27.8. The zero-order valence-electron chi connectivity index (χ0n) is 17.2. The Labute approximate surface area is 198 Å². The molecule has 4 atom stereocenters. The summed E-state index contributed by atoms with van der Waals surface area (Å²) in [6.45, 7) is -0.0317. The molecule has 3 heterocycles. The van der Waals surface area contributed by atoms with Gasteiger partial charge in [-0.2, -0.15) is 0 Å². The zero-order chi connectivity index (χ0) is 23.5. The van der Waals surface area contributed by atoms with Crippen LogP contribution in [0.1, 0.15) is 24.0 Å². The summed E-state index contributed by atoms with van der Waals surface area (Å²) < 4.78 is 0. The van der Waals surface area contributed by atoms with E-state index in [0.29, 0.717) is 26.9 Å². The molecule has 0 aliphatic carbocycles. The summed E-state index contributed by atoms with van der Waals surface area (Å²) in [5, 5.41) is 16.0.